The van der Waals surface area contributed by atoms with Crippen LogP contribution in [0.5, 0.6) is 5.75 Å². The predicted octanol–water partition coefficient (Wildman–Crippen LogP) is 6.53. The molecule has 0 saturated heterocycles. The molecule has 3 aromatic carbocycles. The van der Waals surface area contributed by atoms with Gasteiger partial charge in [-0.25, -0.2) is 14.6 Å². The first kappa shape index (κ1) is 36.4. The molecule has 2 amide bonds. The molecular weight excluding hydrogens is 624 g/mol. The van der Waals surface area contributed by atoms with E-state index in [0.717, 1.165) is 28.5 Å². The number of rotatable bonds is 12. The number of benzene rings is 3. The van der Waals surface area contributed by atoms with Crippen molar-refractivity contribution in [3.63, 3.8) is 0 Å². The summed E-state index contributed by atoms with van der Waals surface area (Å²) >= 11 is 0. The van der Waals surface area contributed by atoms with E-state index in [2.05, 4.69) is 10.3 Å². The minimum absolute atomic E-state index is 0.0455. The molecular formula is C38H44N4O7. The van der Waals surface area contributed by atoms with Crippen LogP contribution in [0.2, 0.25) is 0 Å². The number of methoxy groups -OCH3 is 2. The van der Waals surface area contributed by atoms with Crippen LogP contribution < -0.4 is 10.1 Å². The lowest BCUT2D eigenvalue weighted by molar-refractivity contribution is -0.136. The molecule has 0 aliphatic rings. The number of carbonyl (C=O) groups is 4. The maximum atomic E-state index is 14.8. The molecule has 1 aromatic heterocycles. The molecule has 2 atom stereocenters. The first-order valence-electron chi connectivity index (χ1n) is 16.0. The number of H-pyrrole nitrogens is 1. The van der Waals surface area contributed by atoms with Gasteiger partial charge in [0.1, 0.15) is 35.1 Å². The number of hydrogen-bond acceptors (Lipinski definition) is 8. The number of imidazole rings is 1. The van der Waals surface area contributed by atoms with Crippen molar-refractivity contribution in [1.82, 2.24) is 20.2 Å². The highest BCUT2D eigenvalue weighted by molar-refractivity contribution is 5.93. The Morgan fingerprint density at radius 1 is 1.00 bits per heavy atom. The maximum absolute atomic E-state index is 14.8. The molecule has 258 valence electrons. The van der Waals surface area contributed by atoms with Gasteiger partial charge in [0.05, 0.1) is 26.0 Å². The Kier molecular flexibility index (Phi) is 11.6. The van der Waals surface area contributed by atoms with Gasteiger partial charge < -0.3 is 29.4 Å². The topological polar surface area (TPSA) is 140 Å². The van der Waals surface area contributed by atoms with Crippen molar-refractivity contribution in [3.8, 4) is 17.0 Å². The standard InChI is InChI=1S/C38H44N4O7/c1-23-16-27(22-43)17-24(2)29(23)19-31(41-37(46)49-38(4,5)6)35(44)42(21-26-14-15-33(47-7)30(18-26)36(45)48-8)25(3)34-39-20-32(40-34)28-12-10-9-11-13-28/h9-18,20,22,25,31H,19,21H2,1-8H3,(H,39,40)(H,41,46). The van der Waals surface area contributed by atoms with Crippen LogP contribution in [0.1, 0.15) is 82.5 Å². The van der Waals surface area contributed by atoms with Gasteiger partial charge in [0, 0.05) is 30.3 Å². The van der Waals surface area contributed by atoms with Crippen LogP contribution in [0.15, 0.2) is 66.9 Å². The van der Waals surface area contributed by atoms with Crippen LogP contribution in [0.4, 0.5) is 4.79 Å². The predicted molar refractivity (Wildman–Crippen MR) is 185 cm³/mol. The summed E-state index contributed by atoms with van der Waals surface area (Å²) in [5, 5.41) is 2.82. The zero-order valence-electron chi connectivity index (χ0n) is 29.2. The lowest BCUT2D eigenvalue weighted by atomic mass is 9.93. The minimum Gasteiger partial charge on any atom is -0.496 e. The van der Waals surface area contributed by atoms with Gasteiger partial charge in [0.15, 0.2) is 0 Å². The number of amides is 2. The van der Waals surface area contributed by atoms with Crippen molar-refractivity contribution in [1.29, 1.82) is 0 Å². The number of hydrogen-bond donors (Lipinski definition) is 2. The molecule has 2 N–H and O–H groups in total. The van der Waals surface area contributed by atoms with E-state index in [1.807, 2.05) is 51.1 Å². The Bertz CT molecular complexity index is 1790. The average Bonchev–Trinajstić information content (AvgIpc) is 3.57. The van der Waals surface area contributed by atoms with Crippen molar-refractivity contribution < 1.29 is 33.4 Å². The summed E-state index contributed by atoms with van der Waals surface area (Å²) in [4.78, 5) is 61.9. The third-order valence-corrected chi connectivity index (χ3v) is 8.09. The van der Waals surface area contributed by atoms with E-state index >= 15 is 0 Å². The summed E-state index contributed by atoms with van der Waals surface area (Å²) < 4.78 is 15.9. The Morgan fingerprint density at radius 2 is 1.67 bits per heavy atom. The Labute approximate surface area is 287 Å². The van der Waals surface area contributed by atoms with Gasteiger partial charge >= 0.3 is 12.1 Å². The lowest BCUT2D eigenvalue weighted by Gasteiger charge is -2.33. The highest BCUT2D eigenvalue weighted by atomic mass is 16.6. The second kappa shape index (κ2) is 15.6. The van der Waals surface area contributed by atoms with Crippen molar-refractivity contribution >= 4 is 24.3 Å². The molecule has 1 heterocycles. The molecule has 11 nitrogen and oxygen atoms in total. The van der Waals surface area contributed by atoms with E-state index in [1.54, 1.807) is 62.2 Å². The number of aldehydes is 1. The van der Waals surface area contributed by atoms with Crippen LogP contribution in [0, 0.1) is 13.8 Å². The van der Waals surface area contributed by atoms with Gasteiger partial charge in [-0.2, -0.15) is 0 Å². The SMILES string of the molecule is COC(=O)c1cc(CN(C(=O)C(Cc2c(C)cc(C=O)cc2C)NC(=O)OC(C)(C)C)C(C)c2nc(-c3ccccc3)c[nH]2)ccc1OC. The molecule has 4 rings (SSSR count). The van der Waals surface area contributed by atoms with Gasteiger partial charge in [0.25, 0.3) is 0 Å². The number of ether oxygens (including phenoxy) is 3. The first-order valence-corrected chi connectivity index (χ1v) is 16.0. The molecule has 0 fully saturated rings. The number of nitrogens with zero attached hydrogens (tertiary/aromatic N) is 2. The van der Waals surface area contributed by atoms with Crippen molar-refractivity contribution in [3.05, 3.63) is 106 Å². The quantitative estimate of drug-likeness (QED) is 0.128. The number of alkyl carbamates (subject to hydrolysis) is 1. The molecule has 0 bridgehead atoms. The monoisotopic (exact) mass is 668 g/mol. The number of aromatic nitrogens is 2. The number of esters is 1. The smallest absolute Gasteiger partial charge is 0.408 e. The Balaban J connectivity index is 1.80. The summed E-state index contributed by atoms with van der Waals surface area (Å²) in [5.74, 6) is -0.149. The van der Waals surface area contributed by atoms with Gasteiger partial charge in [-0.05, 0) is 88.1 Å². The zero-order chi connectivity index (χ0) is 35.9. The number of aryl methyl sites for hydroxylation is 2. The van der Waals surface area contributed by atoms with Gasteiger partial charge in [-0.1, -0.05) is 36.4 Å². The fourth-order valence-corrected chi connectivity index (χ4v) is 5.65. The Hall–Kier alpha value is -5.45. The Morgan fingerprint density at radius 3 is 2.27 bits per heavy atom. The van der Waals surface area contributed by atoms with Crippen molar-refractivity contribution in [2.75, 3.05) is 14.2 Å². The van der Waals surface area contributed by atoms with E-state index in [9.17, 15) is 19.2 Å². The summed E-state index contributed by atoms with van der Waals surface area (Å²) in [6.45, 7) is 10.9. The first-order chi connectivity index (χ1) is 23.2. The summed E-state index contributed by atoms with van der Waals surface area (Å²) in [6.07, 6.45) is 1.94. The van der Waals surface area contributed by atoms with Crippen LogP contribution >= 0.6 is 0 Å². The van der Waals surface area contributed by atoms with Crippen LogP contribution in [-0.4, -0.2) is 65.0 Å². The fraction of sp³-hybridized carbons (Fsp3) is 0.342. The maximum Gasteiger partial charge on any atom is 0.408 e. The molecule has 2 unspecified atom stereocenters. The highest BCUT2D eigenvalue weighted by Crippen LogP contribution is 2.28. The second-order valence-electron chi connectivity index (χ2n) is 12.9. The molecule has 0 aliphatic carbocycles. The number of nitrogens with one attached hydrogen (secondary N) is 2. The van der Waals surface area contributed by atoms with Crippen LogP contribution in [0.3, 0.4) is 0 Å². The lowest BCUT2D eigenvalue weighted by Crippen LogP contribution is -2.51. The third-order valence-electron chi connectivity index (χ3n) is 8.09. The molecule has 0 radical (unpaired) electrons. The average molecular weight is 669 g/mol. The molecule has 0 aliphatic heterocycles. The van der Waals surface area contributed by atoms with Gasteiger partial charge in [-0.3, -0.25) is 9.59 Å². The van der Waals surface area contributed by atoms with E-state index in [-0.39, 0.29) is 18.5 Å². The molecule has 49 heavy (non-hydrogen) atoms. The second-order valence-corrected chi connectivity index (χ2v) is 12.9. The number of aromatic amines is 1. The molecule has 4 aromatic rings. The van der Waals surface area contributed by atoms with Gasteiger partial charge in [-0.15, -0.1) is 0 Å². The largest absolute Gasteiger partial charge is 0.496 e. The van der Waals surface area contributed by atoms with Crippen LogP contribution in [0.25, 0.3) is 11.3 Å². The zero-order valence-corrected chi connectivity index (χ0v) is 29.2. The van der Waals surface area contributed by atoms with E-state index in [1.165, 1.54) is 14.2 Å². The van der Waals surface area contributed by atoms with Crippen LogP contribution in [-0.2, 0) is 27.2 Å². The molecule has 11 heteroatoms. The van der Waals surface area contributed by atoms with E-state index in [0.29, 0.717) is 28.4 Å². The summed E-state index contributed by atoms with van der Waals surface area (Å²) in [6, 6.07) is 16.5. The normalized spacial score (nSPS) is 12.4. The highest BCUT2D eigenvalue weighted by Gasteiger charge is 2.33. The van der Waals surface area contributed by atoms with Gasteiger partial charge in [0.2, 0.25) is 5.91 Å². The minimum atomic E-state index is -1.07. The third kappa shape index (κ3) is 9.13. The molecule has 0 spiro atoms. The van der Waals surface area contributed by atoms with E-state index < -0.39 is 35.7 Å². The van der Waals surface area contributed by atoms with E-state index in [4.69, 9.17) is 19.2 Å². The fourth-order valence-electron chi connectivity index (χ4n) is 5.65. The van der Waals surface area contributed by atoms with Crippen molar-refractivity contribution in [2.45, 2.75) is 72.2 Å². The van der Waals surface area contributed by atoms with Crippen molar-refractivity contribution in [2.24, 2.45) is 0 Å². The summed E-state index contributed by atoms with van der Waals surface area (Å²) in [7, 11) is 2.74. The molecule has 0 saturated carbocycles. The summed E-state index contributed by atoms with van der Waals surface area (Å²) in [5.41, 5.74) is 4.58. The number of carbonyl (C=O) groups excluding carboxylic acids is 4.